The average Bonchev–Trinajstić information content (AvgIpc) is 2.58. The number of nitrogens with zero attached hydrogens (tertiary/aromatic N) is 1. The van der Waals surface area contributed by atoms with Crippen LogP contribution in [0.4, 0.5) is 5.69 Å². The van der Waals surface area contributed by atoms with Gasteiger partial charge in [0.1, 0.15) is 11.5 Å². The Morgan fingerprint density at radius 3 is 2.25 bits per heavy atom. The first-order valence-electron chi connectivity index (χ1n) is 7.00. The quantitative estimate of drug-likeness (QED) is 0.735. The van der Waals surface area contributed by atoms with E-state index in [-0.39, 0.29) is 4.90 Å². The molecular formula is C17H13ClN2O3S. The van der Waals surface area contributed by atoms with Gasteiger partial charge in [-0.3, -0.25) is 9.71 Å². The molecule has 0 bridgehead atoms. The van der Waals surface area contributed by atoms with Crippen molar-refractivity contribution in [3.63, 3.8) is 0 Å². The van der Waals surface area contributed by atoms with E-state index in [1.54, 1.807) is 48.5 Å². The number of para-hydroxylation sites is 1. The molecule has 1 heterocycles. The fourth-order valence-electron chi connectivity index (χ4n) is 1.98. The third kappa shape index (κ3) is 3.84. The number of hydrogen-bond acceptors (Lipinski definition) is 4. The highest BCUT2D eigenvalue weighted by atomic mass is 35.5. The molecule has 1 aromatic heterocycles. The molecule has 0 amide bonds. The Hall–Kier alpha value is -2.57. The van der Waals surface area contributed by atoms with Gasteiger partial charge in [0.05, 0.1) is 15.6 Å². The second-order valence-electron chi connectivity index (χ2n) is 4.85. The zero-order valence-electron chi connectivity index (χ0n) is 12.4. The standard InChI is InChI=1S/C17H13ClN2O3S/c18-16-3-1-2-4-17(16)23-14-5-7-15(8-6-14)24(21,22)20-13-9-11-19-12-10-13/h1-12H,(H,19,20). The fraction of sp³-hybridized carbons (Fsp3) is 0. The predicted octanol–water partition coefficient (Wildman–Crippen LogP) is 4.33. The van der Waals surface area contributed by atoms with Crippen LogP contribution in [0.1, 0.15) is 0 Å². The smallest absolute Gasteiger partial charge is 0.261 e. The van der Waals surface area contributed by atoms with Crippen LogP contribution in [-0.2, 0) is 10.0 Å². The van der Waals surface area contributed by atoms with Gasteiger partial charge in [-0.05, 0) is 48.5 Å². The Bertz CT molecular complexity index is 930. The van der Waals surface area contributed by atoms with E-state index in [4.69, 9.17) is 16.3 Å². The number of sulfonamides is 1. The third-order valence-electron chi connectivity index (χ3n) is 3.13. The van der Waals surface area contributed by atoms with Crippen molar-refractivity contribution in [2.75, 3.05) is 4.72 Å². The van der Waals surface area contributed by atoms with Crippen LogP contribution in [0, 0.1) is 0 Å². The van der Waals surface area contributed by atoms with Crippen molar-refractivity contribution in [2.45, 2.75) is 4.90 Å². The Morgan fingerprint density at radius 2 is 1.58 bits per heavy atom. The Kier molecular flexibility index (Phi) is 4.69. The zero-order chi connectivity index (χ0) is 17.0. The summed E-state index contributed by atoms with van der Waals surface area (Å²) >= 11 is 6.03. The molecule has 0 saturated heterocycles. The van der Waals surface area contributed by atoms with Crippen molar-refractivity contribution in [2.24, 2.45) is 0 Å². The maximum absolute atomic E-state index is 12.3. The van der Waals surface area contributed by atoms with E-state index in [9.17, 15) is 8.42 Å². The lowest BCUT2D eigenvalue weighted by molar-refractivity contribution is 0.482. The van der Waals surface area contributed by atoms with E-state index in [1.165, 1.54) is 24.5 Å². The van der Waals surface area contributed by atoms with Crippen molar-refractivity contribution in [3.05, 3.63) is 78.1 Å². The fourth-order valence-corrected chi connectivity index (χ4v) is 3.21. The largest absolute Gasteiger partial charge is 0.456 e. The average molecular weight is 361 g/mol. The summed E-state index contributed by atoms with van der Waals surface area (Å²) in [5.74, 6) is 0.996. The van der Waals surface area contributed by atoms with Crippen LogP contribution in [0.15, 0.2) is 78.0 Å². The molecule has 0 atom stereocenters. The zero-order valence-corrected chi connectivity index (χ0v) is 14.0. The summed E-state index contributed by atoms with van der Waals surface area (Å²) < 4.78 is 32.8. The summed E-state index contributed by atoms with van der Waals surface area (Å²) in [6.07, 6.45) is 3.02. The molecular weight excluding hydrogens is 348 g/mol. The molecule has 122 valence electrons. The van der Waals surface area contributed by atoms with E-state index in [0.29, 0.717) is 22.2 Å². The van der Waals surface area contributed by atoms with E-state index in [0.717, 1.165) is 0 Å². The van der Waals surface area contributed by atoms with Gasteiger partial charge in [-0.1, -0.05) is 23.7 Å². The number of pyridine rings is 1. The molecule has 2 aromatic carbocycles. The molecule has 0 spiro atoms. The molecule has 0 aliphatic carbocycles. The molecule has 3 aromatic rings. The molecule has 1 N–H and O–H groups in total. The lowest BCUT2D eigenvalue weighted by Gasteiger charge is -2.10. The monoisotopic (exact) mass is 360 g/mol. The molecule has 3 rings (SSSR count). The van der Waals surface area contributed by atoms with Gasteiger partial charge in [0.2, 0.25) is 0 Å². The first-order chi connectivity index (χ1) is 11.5. The van der Waals surface area contributed by atoms with Gasteiger partial charge in [0, 0.05) is 12.4 Å². The van der Waals surface area contributed by atoms with Gasteiger partial charge in [-0.2, -0.15) is 0 Å². The minimum Gasteiger partial charge on any atom is -0.456 e. The van der Waals surface area contributed by atoms with Crippen LogP contribution in [0.5, 0.6) is 11.5 Å². The summed E-state index contributed by atoms with van der Waals surface area (Å²) in [4.78, 5) is 3.97. The van der Waals surface area contributed by atoms with Crippen LogP contribution in [0.25, 0.3) is 0 Å². The topological polar surface area (TPSA) is 68.3 Å². The SMILES string of the molecule is O=S(=O)(Nc1ccncc1)c1ccc(Oc2ccccc2Cl)cc1. The van der Waals surface area contributed by atoms with Gasteiger partial charge >= 0.3 is 0 Å². The summed E-state index contributed by atoms with van der Waals surface area (Å²) in [5.41, 5.74) is 0.446. The van der Waals surface area contributed by atoms with Gasteiger partial charge in [-0.25, -0.2) is 8.42 Å². The van der Waals surface area contributed by atoms with Crippen molar-refractivity contribution in [3.8, 4) is 11.5 Å². The molecule has 7 heteroatoms. The first kappa shape index (κ1) is 16.3. The van der Waals surface area contributed by atoms with Crippen LogP contribution in [-0.4, -0.2) is 13.4 Å². The Balaban J connectivity index is 1.78. The molecule has 0 fully saturated rings. The highest BCUT2D eigenvalue weighted by Gasteiger charge is 2.14. The van der Waals surface area contributed by atoms with Crippen molar-refractivity contribution >= 4 is 27.3 Å². The highest BCUT2D eigenvalue weighted by molar-refractivity contribution is 7.92. The maximum atomic E-state index is 12.3. The van der Waals surface area contributed by atoms with E-state index < -0.39 is 10.0 Å². The molecule has 5 nitrogen and oxygen atoms in total. The first-order valence-corrected chi connectivity index (χ1v) is 8.86. The third-order valence-corrected chi connectivity index (χ3v) is 4.84. The van der Waals surface area contributed by atoms with Gasteiger partial charge in [0.25, 0.3) is 10.0 Å². The predicted molar refractivity (Wildman–Crippen MR) is 93.0 cm³/mol. The number of ether oxygens (including phenoxy) is 1. The molecule has 0 unspecified atom stereocenters. The Morgan fingerprint density at radius 1 is 0.917 bits per heavy atom. The number of nitrogens with one attached hydrogen (secondary N) is 1. The number of halogens is 1. The maximum Gasteiger partial charge on any atom is 0.261 e. The number of anilines is 1. The summed E-state index contributed by atoms with van der Waals surface area (Å²) in [6.45, 7) is 0. The summed E-state index contributed by atoms with van der Waals surface area (Å²) in [5, 5.41) is 0.480. The van der Waals surface area contributed by atoms with Gasteiger partial charge < -0.3 is 4.74 Å². The summed E-state index contributed by atoms with van der Waals surface area (Å²) in [7, 11) is -3.67. The molecule has 0 saturated carbocycles. The molecule has 0 aliphatic heterocycles. The van der Waals surface area contributed by atoms with Crippen LogP contribution >= 0.6 is 11.6 Å². The van der Waals surface area contributed by atoms with Crippen LogP contribution in [0.3, 0.4) is 0 Å². The van der Waals surface area contributed by atoms with E-state index >= 15 is 0 Å². The van der Waals surface area contributed by atoms with E-state index in [2.05, 4.69) is 9.71 Å². The Labute approximate surface area is 144 Å². The second-order valence-corrected chi connectivity index (χ2v) is 6.93. The van der Waals surface area contributed by atoms with Crippen molar-refractivity contribution < 1.29 is 13.2 Å². The minimum absolute atomic E-state index is 0.130. The van der Waals surface area contributed by atoms with E-state index in [1.807, 2.05) is 0 Å². The number of hydrogen-bond donors (Lipinski definition) is 1. The number of rotatable bonds is 5. The van der Waals surface area contributed by atoms with Crippen molar-refractivity contribution in [1.29, 1.82) is 0 Å². The van der Waals surface area contributed by atoms with Crippen LogP contribution in [0.2, 0.25) is 5.02 Å². The van der Waals surface area contributed by atoms with Crippen molar-refractivity contribution in [1.82, 2.24) is 4.98 Å². The van der Waals surface area contributed by atoms with Gasteiger partial charge in [0.15, 0.2) is 0 Å². The second kappa shape index (κ2) is 6.90. The number of benzene rings is 2. The van der Waals surface area contributed by atoms with Gasteiger partial charge in [-0.15, -0.1) is 0 Å². The summed E-state index contributed by atoms with van der Waals surface area (Å²) in [6, 6.07) is 16.3. The lowest BCUT2D eigenvalue weighted by Crippen LogP contribution is -2.12. The molecule has 0 aliphatic rings. The normalized spacial score (nSPS) is 11.0. The molecule has 0 radical (unpaired) electrons. The van der Waals surface area contributed by atoms with Crippen LogP contribution < -0.4 is 9.46 Å². The lowest BCUT2D eigenvalue weighted by atomic mass is 10.3. The number of aromatic nitrogens is 1. The highest BCUT2D eigenvalue weighted by Crippen LogP contribution is 2.29. The molecule has 24 heavy (non-hydrogen) atoms. The minimum atomic E-state index is -3.67.